The molecule has 1 unspecified atom stereocenters. The SMILES string of the molecule is CCCCCCCCC(N)c1cc(Cl)c(Br)cc1F. The summed E-state index contributed by atoms with van der Waals surface area (Å²) >= 11 is 9.18. The third-order valence-electron chi connectivity index (χ3n) is 3.31. The summed E-state index contributed by atoms with van der Waals surface area (Å²) in [5.74, 6) is -0.283. The Kier molecular flexibility index (Phi) is 7.96. The van der Waals surface area contributed by atoms with Crippen molar-refractivity contribution in [2.45, 2.75) is 57.9 Å². The summed E-state index contributed by atoms with van der Waals surface area (Å²) in [6.07, 6.45) is 8.08. The summed E-state index contributed by atoms with van der Waals surface area (Å²) in [6, 6.07) is 2.75. The van der Waals surface area contributed by atoms with Gasteiger partial charge in [-0.3, -0.25) is 0 Å². The van der Waals surface area contributed by atoms with Crippen LogP contribution in [0, 0.1) is 5.82 Å². The zero-order valence-electron chi connectivity index (χ0n) is 11.4. The third-order valence-corrected chi connectivity index (χ3v) is 4.50. The summed E-state index contributed by atoms with van der Waals surface area (Å²) < 4.78 is 14.4. The minimum atomic E-state index is -0.283. The van der Waals surface area contributed by atoms with Crippen molar-refractivity contribution in [1.29, 1.82) is 0 Å². The molecule has 0 aromatic heterocycles. The first-order valence-electron chi connectivity index (χ1n) is 6.96. The number of nitrogens with two attached hydrogens (primary N) is 1. The van der Waals surface area contributed by atoms with Crippen molar-refractivity contribution in [2.24, 2.45) is 5.73 Å². The minimum Gasteiger partial charge on any atom is -0.324 e. The lowest BCUT2D eigenvalue weighted by atomic mass is 10.00. The Balaban J connectivity index is 2.41. The van der Waals surface area contributed by atoms with Crippen LogP contribution in [0.4, 0.5) is 4.39 Å². The second-order valence-corrected chi connectivity index (χ2v) is 6.21. The van der Waals surface area contributed by atoms with E-state index in [9.17, 15) is 4.39 Å². The number of benzene rings is 1. The molecule has 0 fully saturated rings. The lowest BCUT2D eigenvalue weighted by molar-refractivity contribution is 0.523. The molecule has 0 heterocycles. The lowest BCUT2D eigenvalue weighted by Crippen LogP contribution is -2.12. The molecule has 19 heavy (non-hydrogen) atoms. The Morgan fingerprint density at radius 3 is 2.53 bits per heavy atom. The van der Waals surface area contributed by atoms with Gasteiger partial charge in [0.1, 0.15) is 5.82 Å². The molecule has 0 saturated heterocycles. The maximum Gasteiger partial charge on any atom is 0.129 e. The van der Waals surface area contributed by atoms with Gasteiger partial charge in [-0.25, -0.2) is 4.39 Å². The average Bonchev–Trinajstić information content (AvgIpc) is 2.37. The van der Waals surface area contributed by atoms with E-state index in [4.69, 9.17) is 17.3 Å². The van der Waals surface area contributed by atoms with Gasteiger partial charge in [-0.2, -0.15) is 0 Å². The molecule has 0 bridgehead atoms. The van der Waals surface area contributed by atoms with Gasteiger partial charge in [-0.05, 0) is 34.5 Å². The fourth-order valence-corrected chi connectivity index (χ4v) is 2.61. The van der Waals surface area contributed by atoms with E-state index in [-0.39, 0.29) is 11.9 Å². The van der Waals surface area contributed by atoms with Gasteiger partial charge in [-0.15, -0.1) is 0 Å². The van der Waals surface area contributed by atoms with Crippen LogP contribution in [0.5, 0.6) is 0 Å². The average molecular weight is 351 g/mol. The smallest absolute Gasteiger partial charge is 0.129 e. The fourth-order valence-electron chi connectivity index (χ4n) is 2.12. The van der Waals surface area contributed by atoms with Crippen LogP contribution in [0.1, 0.15) is 63.5 Å². The minimum absolute atomic E-state index is 0.267. The van der Waals surface area contributed by atoms with E-state index in [1.165, 1.54) is 38.2 Å². The second-order valence-electron chi connectivity index (χ2n) is 4.95. The molecule has 108 valence electrons. The first-order chi connectivity index (χ1) is 9.06. The van der Waals surface area contributed by atoms with Crippen LogP contribution >= 0.6 is 27.5 Å². The molecule has 0 aliphatic rings. The van der Waals surface area contributed by atoms with Crippen LogP contribution < -0.4 is 5.73 Å². The van der Waals surface area contributed by atoms with E-state index in [2.05, 4.69) is 22.9 Å². The molecule has 0 radical (unpaired) electrons. The molecular formula is C15H22BrClFN. The highest BCUT2D eigenvalue weighted by atomic mass is 79.9. The van der Waals surface area contributed by atoms with Gasteiger partial charge in [0.15, 0.2) is 0 Å². The zero-order valence-corrected chi connectivity index (χ0v) is 13.7. The molecule has 4 heteroatoms. The predicted molar refractivity (Wildman–Crippen MR) is 84.0 cm³/mol. The summed E-state index contributed by atoms with van der Waals surface area (Å²) in [5.41, 5.74) is 6.56. The van der Waals surface area contributed by atoms with E-state index in [1.807, 2.05) is 0 Å². The summed E-state index contributed by atoms with van der Waals surface area (Å²) in [4.78, 5) is 0. The Morgan fingerprint density at radius 1 is 1.21 bits per heavy atom. The van der Waals surface area contributed by atoms with Crippen LogP contribution in [-0.4, -0.2) is 0 Å². The second kappa shape index (κ2) is 8.93. The Bertz CT molecular complexity index is 398. The first-order valence-corrected chi connectivity index (χ1v) is 8.13. The summed E-state index contributed by atoms with van der Waals surface area (Å²) in [6.45, 7) is 2.20. The molecule has 1 rings (SSSR count). The molecular weight excluding hydrogens is 329 g/mol. The maximum absolute atomic E-state index is 13.8. The van der Waals surface area contributed by atoms with Gasteiger partial charge in [-0.1, -0.05) is 57.0 Å². The van der Waals surface area contributed by atoms with Crippen LogP contribution in [0.3, 0.4) is 0 Å². The summed E-state index contributed by atoms with van der Waals surface area (Å²) in [7, 11) is 0. The van der Waals surface area contributed by atoms with Gasteiger partial charge in [0.05, 0.1) is 5.02 Å². The van der Waals surface area contributed by atoms with Crippen LogP contribution in [-0.2, 0) is 0 Å². The van der Waals surface area contributed by atoms with Crippen molar-refractivity contribution in [3.8, 4) is 0 Å². The quantitative estimate of drug-likeness (QED) is 0.452. The fraction of sp³-hybridized carbons (Fsp3) is 0.600. The number of rotatable bonds is 8. The number of unbranched alkanes of at least 4 members (excludes halogenated alkanes) is 5. The number of halogens is 3. The topological polar surface area (TPSA) is 26.0 Å². The van der Waals surface area contributed by atoms with Crippen molar-refractivity contribution in [2.75, 3.05) is 0 Å². The normalized spacial score (nSPS) is 12.7. The van der Waals surface area contributed by atoms with Crippen LogP contribution in [0.2, 0.25) is 5.02 Å². The van der Waals surface area contributed by atoms with Crippen molar-refractivity contribution in [1.82, 2.24) is 0 Å². The van der Waals surface area contributed by atoms with Crippen LogP contribution in [0.25, 0.3) is 0 Å². The highest BCUT2D eigenvalue weighted by Crippen LogP contribution is 2.29. The predicted octanol–water partition coefficient (Wildman–Crippen LogP) is 5.99. The largest absolute Gasteiger partial charge is 0.324 e. The molecule has 0 amide bonds. The van der Waals surface area contributed by atoms with E-state index < -0.39 is 0 Å². The van der Waals surface area contributed by atoms with E-state index >= 15 is 0 Å². The van der Waals surface area contributed by atoms with Gasteiger partial charge < -0.3 is 5.73 Å². The standard InChI is InChI=1S/C15H22BrClFN/c1-2-3-4-5-6-7-8-15(19)11-9-13(17)12(16)10-14(11)18/h9-10,15H,2-8,19H2,1H3. The van der Waals surface area contributed by atoms with E-state index in [0.29, 0.717) is 15.1 Å². The van der Waals surface area contributed by atoms with Gasteiger partial charge in [0, 0.05) is 16.1 Å². The monoisotopic (exact) mass is 349 g/mol. The Morgan fingerprint density at radius 2 is 1.84 bits per heavy atom. The highest BCUT2D eigenvalue weighted by molar-refractivity contribution is 9.10. The molecule has 0 spiro atoms. The molecule has 2 N–H and O–H groups in total. The van der Waals surface area contributed by atoms with E-state index in [1.54, 1.807) is 6.07 Å². The third kappa shape index (κ3) is 5.80. The molecule has 0 saturated carbocycles. The first kappa shape index (κ1) is 16.9. The summed E-state index contributed by atoms with van der Waals surface area (Å²) in [5, 5.41) is 0.509. The van der Waals surface area contributed by atoms with Gasteiger partial charge in [0.2, 0.25) is 0 Å². The zero-order chi connectivity index (χ0) is 14.3. The Labute approximate surface area is 128 Å². The van der Waals surface area contributed by atoms with Gasteiger partial charge >= 0.3 is 0 Å². The molecule has 1 nitrogen and oxygen atoms in total. The molecule has 0 aliphatic heterocycles. The number of hydrogen-bond donors (Lipinski definition) is 1. The van der Waals surface area contributed by atoms with Crippen molar-refractivity contribution in [3.63, 3.8) is 0 Å². The van der Waals surface area contributed by atoms with Gasteiger partial charge in [0.25, 0.3) is 0 Å². The molecule has 1 atom stereocenters. The van der Waals surface area contributed by atoms with E-state index in [0.717, 1.165) is 12.8 Å². The molecule has 0 aliphatic carbocycles. The van der Waals surface area contributed by atoms with Crippen molar-refractivity contribution >= 4 is 27.5 Å². The van der Waals surface area contributed by atoms with Crippen molar-refractivity contribution < 1.29 is 4.39 Å². The lowest BCUT2D eigenvalue weighted by Gasteiger charge is -2.14. The molecule has 1 aromatic carbocycles. The van der Waals surface area contributed by atoms with Crippen molar-refractivity contribution in [3.05, 3.63) is 33.0 Å². The Hall–Kier alpha value is -0.120. The highest BCUT2D eigenvalue weighted by Gasteiger charge is 2.13. The number of hydrogen-bond acceptors (Lipinski definition) is 1. The maximum atomic E-state index is 13.8. The van der Waals surface area contributed by atoms with Crippen LogP contribution in [0.15, 0.2) is 16.6 Å². The molecule has 1 aromatic rings.